The maximum Gasteiger partial charge on any atom is 0.272 e. The fourth-order valence-electron chi connectivity index (χ4n) is 5.01. The number of aryl methyl sites for hydroxylation is 2. The number of hydrogen-bond donors (Lipinski definition) is 3. The zero-order valence-electron chi connectivity index (χ0n) is 19.8. The second kappa shape index (κ2) is 8.57. The molecule has 4 amide bonds. The van der Waals surface area contributed by atoms with Crippen molar-refractivity contribution in [2.45, 2.75) is 45.7 Å². The third kappa shape index (κ3) is 3.82. The van der Waals surface area contributed by atoms with Crippen molar-refractivity contribution in [2.75, 3.05) is 12.4 Å². The van der Waals surface area contributed by atoms with Gasteiger partial charge in [0.15, 0.2) is 0 Å². The highest BCUT2D eigenvalue weighted by molar-refractivity contribution is 6.09. The molecule has 0 bridgehead atoms. The number of H-pyrrole nitrogens is 1. The summed E-state index contributed by atoms with van der Waals surface area (Å²) in [6, 6.07) is 8.35. The van der Waals surface area contributed by atoms with Crippen LogP contribution < -0.4 is 15.4 Å². The minimum absolute atomic E-state index is 0.202. The zero-order valence-corrected chi connectivity index (χ0v) is 19.8. The molecule has 5 rings (SSSR count). The van der Waals surface area contributed by atoms with Crippen molar-refractivity contribution in [1.29, 1.82) is 0 Å². The zero-order chi connectivity index (χ0) is 24.9. The average molecular weight is 475 g/mol. The van der Waals surface area contributed by atoms with Gasteiger partial charge < -0.3 is 19.9 Å². The Kier molecular flexibility index (Phi) is 5.55. The van der Waals surface area contributed by atoms with Crippen LogP contribution in [0.15, 0.2) is 30.3 Å². The number of benzene rings is 2. The topological polar surface area (TPSA) is 121 Å². The normalized spacial score (nSPS) is 17.5. The third-order valence-electron chi connectivity index (χ3n) is 6.78. The van der Waals surface area contributed by atoms with Crippen molar-refractivity contribution in [2.24, 2.45) is 0 Å². The lowest BCUT2D eigenvalue weighted by Crippen LogP contribution is -2.52. The number of carbonyl (C=O) groups excluding carboxylic acids is 4. The number of methoxy groups -OCH3 is 1. The van der Waals surface area contributed by atoms with Crippen molar-refractivity contribution in [3.05, 3.63) is 58.3 Å². The third-order valence-corrected chi connectivity index (χ3v) is 6.78. The van der Waals surface area contributed by atoms with E-state index >= 15 is 0 Å². The van der Waals surface area contributed by atoms with Gasteiger partial charge in [-0.1, -0.05) is 6.92 Å². The quantitative estimate of drug-likeness (QED) is 0.491. The van der Waals surface area contributed by atoms with Gasteiger partial charge in [0.25, 0.3) is 11.8 Å². The van der Waals surface area contributed by atoms with E-state index in [1.165, 1.54) is 4.90 Å². The first-order valence-electron chi connectivity index (χ1n) is 11.6. The van der Waals surface area contributed by atoms with E-state index in [1.807, 2.05) is 26.0 Å². The number of aromatic amines is 1. The van der Waals surface area contributed by atoms with Gasteiger partial charge in [-0.3, -0.25) is 24.5 Å². The number of nitrogens with zero attached hydrogens (tertiary/aromatic N) is 1. The van der Waals surface area contributed by atoms with Crippen LogP contribution in [0.5, 0.6) is 5.75 Å². The molecule has 1 saturated heterocycles. The molecule has 1 atom stereocenters. The Bertz CT molecular complexity index is 1410. The molecule has 3 heterocycles. The van der Waals surface area contributed by atoms with E-state index in [1.54, 1.807) is 25.3 Å². The number of ether oxygens (including phenoxy) is 1. The molecule has 2 aliphatic rings. The number of anilines is 1. The number of amides is 4. The Balaban J connectivity index is 1.39. The Morgan fingerprint density at radius 1 is 1.20 bits per heavy atom. The minimum Gasteiger partial charge on any atom is -0.496 e. The van der Waals surface area contributed by atoms with Crippen LogP contribution in [0.2, 0.25) is 0 Å². The van der Waals surface area contributed by atoms with Gasteiger partial charge in [0.05, 0.1) is 7.11 Å². The fraction of sp³-hybridized carbons (Fsp3) is 0.308. The lowest BCUT2D eigenvalue weighted by atomic mass is 10.0. The van der Waals surface area contributed by atoms with Crippen molar-refractivity contribution in [1.82, 2.24) is 15.2 Å². The molecule has 0 saturated carbocycles. The molecule has 2 aliphatic heterocycles. The number of aromatic nitrogens is 1. The van der Waals surface area contributed by atoms with Crippen LogP contribution in [0.4, 0.5) is 5.69 Å². The van der Waals surface area contributed by atoms with E-state index in [-0.39, 0.29) is 30.7 Å². The van der Waals surface area contributed by atoms with E-state index in [0.717, 1.165) is 33.3 Å². The van der Waals surface area contributed by atoms with Crippen LogP contribution in [0, 0.1) is 6.92 Å². The molecule has 35 heavy (non-hydrogen) atoms. The maximum atomic E-state index is 13.2. The predicted octanol–water partition coefficient (Wildman–Crippen LogP) is 3.06. The number of fused-ring (bicyclic) bond motifs is 2. The fourth-order valence-corrected chi connectivity index (χ4v) is 5.01. The second-order valence-electron chi connectivity index (χ2n) is 8.93. The van der Waals surface area contributed by atoms with Gasteiger partial charge in [0.1, 0.15) is 17.5 Å². The molecule has 3 aromatic rings. The summed E-state index contributed by atoms with van der Waals surface area (Å²) < 4.78 is 5.41. The van der Waals surface area contributed by atoms with Gasteiger partial charge in [0, 0.05) is 41.2 Å². The largest absolute Gasteiger partial charge is 0.496 e. The standard InChI is InChI=1S/C26H26N4O5/c1-4-16-18-9-13(2)21(35-3)11-19(18)28-23(16)25(33)27-15-5-6-17-14(10-15)12-30(26(17)34)20-7-8-22(31)29-24(20)32/h5-6,9-11,20,28H,4,7-8,12H2,1-3H3,(H,27,33)(H,29,31,32). The van der Waals surface area contributed by atoms with Gasteiger partial charge in [-0.25, -0.2) is 0 Å². The lowest BCUT2D eigenvalue weighted by Gasteiger charge is -2.29. The van der Waals surface area contributed by atoms with E-state index in [2.05, 4.69) is 15.6 Å². The number of piperidine rings is 1. The highest BCUT2D eigenvalue weighted by Gasteiger charge is 2.39. The molecule has 9 nitrogen and oxygen atoms in total. The molecule has 1 unspecified atom stereocenters. The molecular formula is C26H26N4O5. The monoisotopic (exact) mass is 474 g/mol. The van der Waals surface area contributed by atoms with E-state index < -0.39 is 11.9 Å². The minimum atomic E-state index is -0.676. The first-order chi connectivity index (χ1) is 16.8. The first-order valence-corrected chi connectivity index (χ1v) is 11.6. The van der Waals surface area contributed by atoms with Gasteiger partial charge in [-0.05, 0) is 60.7 Å². The smallest absolute Gasteiger partial charge is 0.272 e. The molecule has 0 spiro atoms. The van der Waals surface area contributed by atoms with Crippen LogP contribution in [-0.4, -0.2) is 46.7 Å². The van der Waals surface area contributed by atoms with Crippen molar-refractivity contribution in [3.63, 3.8) is 0 Å². The Labute approximate surface area is 201 Å². The van der Waals surface area contributed by atoms with Crippen LogP contribution in [0.3, 0.4) is 0 Å². The molecule has 9 heteroatoms. The van der Waals surface area contributed by atoms with Gasteiger partial charge in [-0.15, -0.1) is 0 Å². The number of hydrogen-bond acceptors (Lipinski definition) is 5. The number of rotatable bonds is 5. The van der Waals surface area contributed by atoms with Crippen LogP contribution in [-0.2, 0) is 22.6 Å². The average Bonchev–Trinajstić information content (AvgIpc) is 3.35. The first kappa shape index (κ1) is 22.6. The van der Waals surface area contributed by atoms with E-state index in [4.69, 9.17) is 4.74 Å². The van der Waals surface area contributed by atoms with Crippen molar-refractivity contribution >= 4 is 40.2 Å². The summed E-state index contributed by atoms with van der Waals surface area (Å²) in [6.45, 7) is 4.22. The Hall–Kier alpha value is -4.14. The molecule has 2 aromatic carbocycles. The van der Waals surface area contributed by atoms with Gasteiger partial charge >= 0.3 is 0 Å². The summed E-state index contributed by atoms with van der Waals surface area (Å²) in [7, 11) is 1.62. The summed E-state index contributed by atoms with van der Waals surface area (Å²) in [4.78, 5) is 54.6. The highest BCUT2D eigenvalue weighted by atomic mass is 16.5. The second-order valence-corrected chi connectivity index (χ2v) is 8.93. The summed E-state index contributed by atoms with van der Waals surface area (Å²) in [5.41, 5.74) is 5.00. The molecule has 1 fully saturated rings. The molecule has 0 aliphatic carbocycles. The lowest BCUT2D eigenvalue weighted by molar-refractivity contribution is -0.136. The summed E-state index contributed by atoms with van der Waals surface area (Å²) in [6.07, 6.45) is 1.18. The van der Waals surface area contributed by atoms with Crippen molar-refractivity contribution in [3.8, 4) is 5.75 Å². The molecular weight excluding hydrogens is 448 g/mol. The van der Waals surface area contributed by atoms with E-state index in [0.29, 0.717) is 29.8 Å². The molecule has 0 radical (unpaired) electrons. The Morgan fingerprint density at radius 3 is 2.71 bits per heavy atom. The highest BCUT2D eigenvalue weighted by Crippen LogP contribution is 2.32. The van der Waals surface area contributed by atoms with Crippen LogP contribution in [0.1, 0.15) is 57.3 Å². The molecule has 1 aromatic heterocycles. The van der Waals surface area contributed by atoms with E-state index in [9.17, 15) is 19.2 Å². The molecule has 180 valence electrons. The summed E-state index contributed by atoms with van der Waals surface area (Å²) in [5, 5.41) is 6.22. The van der Waals surface area contributed by atoms with Gasteiger partial charge in [-0.2, -0.15) is 0 Å². The molecule has 3 N–H and O–H groups in total. The SMILES string of the molecule is CCc1c(C(=O)Nc2ccc3c(c2)CN(C2CCC(=O)NC2=O)C3=O)[nH]c2cc(OC)c(C)cc12. The summed E-state index contributed by atoms with van der Waals surface area (Å²) in [5.74, 6) is -0.551. The number of imide groups is 1. The number of carbonyl (C=O) groups is 4. The Morgan fingerprint density at radius 2 is 2.00 bits per heavy atom. The van der Waals surface area contributed by atoms with Crippen LogP contribution >= 0.6 is 0 Å². The van der Waals surface area contributed by atoms with Crippen LogP contribution in [0.25, 0.3) is 10.9 Å². The predicted molar refractivity (Wildman–Crippen MR) is 129 cm³/mol. The van der Waals surface area contributed by atoms with Gasteiger partial charge in [0.2, 0.25) is 11.8 Å². The summed E-state index contributed by atoms with van der Waals surface area (Å²) >= 11 is 0. The number of nitrogens with one attached hydrogen (secondary N) is 3. The van der Waals surface area contributed by atoms with Crippen molar-refractivity contribution < 1.29 is 23.9 Å². The maximum absolute atomic E-state index is 13.2.